The minimum Gasteiger partial charge on any atom is -0.391 e. The van der Waals surface area contributed by atoms with Crippen LogP contribution in [0.4, 0.5) is 0 Å². The molecular formula is C16H28BrN3O. The number of likely N-dealkylation sites (tertiary alicyclic amines) is 1. The highest BCUT2D eigenvalue weighted by Crippen LogP contribution is 2.31. The Morgan fingerprint density at radius 2 is 1.95 bits per heavy atom. The fourth-order valence-electron chi connectivity index (χ4n) is 3.38. The molecule has 0 aromatic carbocycles. The van der Waals surface area contributed by atoms with E-state index >= 15 is 0 Å². The number of piperidine rings is 1. The van der Waals surface area contributed by atoms with E-state index in [1.807, 2.05) is 18.7 Å². The number of halogens is 1. The monoisotopic (exact) mass is 357 g/mol. The van der Waals surface area contributed by atoms with E-state index in [1.165, 1.54) is 19.3 Å². The third kappa shape index (κ3) is 3.35. The molecule has 120 valence electrons. The van der Waals surface area contributed by atoms with Crippen LogP contribution in [0.5, 0.6) is 0 Å². The fraction of sp³-hybridized carbons (Fsp3) is 0.812. The highest BCUT2D eigenvalue weighted by Gasteiger charge is 2.38. The molecule has 21 heavy (non-hydrogen) atoms. The zero-order valence-electron chi connectivity index (χ0n) is 13.7. The number of nitrogens with zero attached hydrogens (tertiary/aromatic N) is 3. The number of aliphatic hydroxyl groups is 1. The second-order valence-corrected chi connectivity index (χ2v) is 7.24. The van der Waals surface area contributed by atoms with Crippen molar-refractivity contribution in [2.75, 3.05) is 13.1 Å². The lowest BCUT2D eigenvalue weighted by molar-refractivity contribution is -0.0336. The van der Waals surface area contributed by atoms with E-state index in [0.717, 1.165) is 35.4 Å². The quantitative estimate of drug-likeness (QED) is 0.880. The predicted molar refractivity (Wildman–Crippen MR) is 89.5 cm³/mol. The van der Waals surface area contributed by atoms with Crippen LogP contribution in [0.1, 0.15) is 50.9 Å². The molecule has 0 radical (unpaired) electrons. The number of hydrogen-bond donors (Lipinski definition) is 1. The van der Waals surface area contributed by atoms with Gasteiger partial charge in [0.2, 0.25) is 0 Å². The molecule has 0 aliphatic carbocycles. The van der Waals surface area contributed by atoms with Crippen LogP contribution in [0.3, 0.4) is 0 Å². The molecule has 2 atom stereocenters. The molecule has 0 spiro atoms. The summed E-state index contributed by atoms with van der Waals surface area (Å²) < 4.78 is 2.91. The highest BCUT2D eigenvalue weighted by atomic mass is 79.9. The van der Waals surface area contributed by atoms with Crippen molar-refractivity contribution in [1.82, 2.24) is 14.7 Å². The molecule has 1 fully saturated rings. The lowest BCUT2D eigenvalue weighted by Crippen LogP contribution is -2.56. The van der Waals surface area contributed by atoms with Crippen LogP contribution in [0.2, 0.25) is 0 Å². The Morgan fingerprint density at radius 1 is 1.33 bits per heavy atom. The van der Waals surface area contributed by atoms with Crippen LogP contribution in [0.15, 0.2) is 4.47 Å². The van der Waals surface area contributed by atoms with Gasteiger partial charge in [-0.1, -0.05) is 13.3 Å². The van der Waals surface area contributed by atoms with Gasteiger partial charge in [0.25, 0.3) is 0 Å². The van der Waals surface area contributed by atoms with Gasteiger partial charge in [0.05, 0.1) is 22.0 Å². The Labute approximate surface area is 136 Å². The summed E-state index contributed by atoms with van der Waals surface area (Å²) in [4.78, 5) is 2.48. The summed E-state index contributed by atoms with van der Waals surface area (Å²) in [7, 11) is 1.95. The van der Waals surface area contributed by atoms with Crippen molar-refractivity contribution < 1.29 is 5.11 Å². The molecule has 4 nitrogen and oxygen atoms in total. The SMILES string of the molecule is CCC(C)(C(O)Cc1c(Br)c(C)nn1C)N1CCCCC1. The normalized spacial score (nSPS) is 21.2. The van der Waals surface area contributed by atoms with Crippen molar-refractivity contribution in [1.29, 1.82) is 0 Å². The van der Waals surface area contributed by atoms with Gasteiger partial charge in [-0.25, -0.2) is 0 Å². The van der Waals surface area contributed by atoms with E-state index in [2.05, 4.69) is 39.8 Å². The fourth-order valence-corrected chi connectivity index (χ4v) is 3.88. The van der Waals surface area contributed by atoms with Crippen molar-refractivity contribution in [3.8, 4) is 0 Å². The van der Waals surface area contributed by atoms with Gasteiger partial charge in [-0.15, -0.1) is 0 Å². The minimum atomic E-state index is -0.383. The summed E-state index contributed by atoms with van der Waals surface area (Å²) in [5.74, 6) is 0. The molecule has 1 aromatic rings. The van der Waals surface area contributed by atoms with Gasteiger partial charge >= 0.3 is 0 Å². The summed E-state index contributed by atoms with van der Waals surface area (Å²) >= 11 is 3.61. The van der Waals surface area contributed by atoms with Crippen LogP contribution < -0.4 is 0 Å². The summed E-state index contributed by atoms with van der Waals surface area (Å²) in [5.41, 5.74) is 1.91. The third-order valence-corrected chi connectivity index (χ3v) is 6.19. The first kappa shape index (κ1) is 17.0. The summed E-state index contributed by atoms with van der Waals surface area (Å²) in [6.45, 7) is 8.59. The maximum absolute atomic E-state index is 10.9. The van der Waals surface area contributed by atoms with E-state index in [0.29, 0.717) is 6.42 Å². The molecule has 1 N–H and O–H groups in total. The largest absolute Gasteiger partial charge is 0.391 e. The van der Waals surface area contributed by atoms with Crippen molar-refractivity contribution in [2.45, 2.75) is 64.5 Å². The Bertz CT molecular complexity index is 482. The molecular weight excluding hydrogens is 330 g/mol. The standard InChI is InChI=1S/C16H28BrN3O/c1-5-16(3,20-9-7-6-8-10-20)14(21)11-13-15(17)12(2)18-19(13)4/h14,21H,5-11H2,1-4H3. The van der Waals surface area contributed by atoms with Gasteiger partial charge in [0.15, 0.2) is 0 Å². The number of aryl methyl sites for hydroxylation is 2. The zero-order valence-corrected chi connectivity index (χ0v) is 15.3. The minimum absolute atomic E-state index is 0.155. The van der Waals surface area contributed by atoms with Crippen molar-refractivity contribution in [3.05, 3.63) is 15.9 Å². The van der Waals surface area contributed by atoms with Crippen LogP contribution >= 0.6 is 15.9 Å². The van der Waals surface area contributed by atoms with E-state index in [1.54, 1.807) is 0 Å². The molecule has 5 heteroatoms. The van der Waals surface area contributed by atoms with Gasteiger partial charge in [-0.3, -0.25) is 9.58 Å². The van der Waals surface area contributed by atoms with Crippen molar-refractivity contribution >= 4 is 15.9 Å². The Kier molecular flexibility index (Phi) is 5.49. The Balaban J connectivity index is 2.17. The van der Waals surface area contributed by atoms with E-state index in [9.17, 15) is 5.11 Å². The van der Waals surface area contributed by atoms with Crippen LogP contribution in [-0.4, -0.2) is 44.5 Å². The lowest BCUT2D eigenvalue weighted by atomic mass is 9.85. The number of aromatic nitrogens is 2. The van der Waals surface area contributed by atoms with Crippen molar-refractivity contribution in [2.24, 2.45) is 7.05 Å². The first-order chi connectivity index (χ1) is 9.90. The first-order valence-corrected chi connectivity index (χ1v) is 8.80. The number of rotatable bonds is 5. The average Bonchev–Trinajstić information content (AvgIpc) is 2.73. The van der Waals surface area contributed by atoms with Gasteiger partial charge in [-0.2, -0.15) is 5.10 Å². The number of aliphatic hydroxyl groups excluding tert-OH is 1. The van der Waals surface area contributed by atoms with Crippen LogP contribution in [0, 0.1) is 6.92 Å². The van der Waals surface area contributed by atoms with E-state index in [-0.39, 0.29) is 11.6 Å². The first-order valence-electron chi connectivity index (χ1n) is 8.01. The van der Waals surface area contributed by atoms with Gasteiger partial charge in [-0.05, 0) is 62.1 Å². The molecule has 2 unspecified atom stereocenters. The molecule has 2 heterocycles. The van der Waals surface area contributed by atoms with Gasteiger partial charge < -0.3 is 5.11 Å². The second kappa shape index (κ2) is 6.80. The summed E-state index contributed by atoms with van der Waals surface area (Å²) in [6.07, 6.45) is 5.03. The number of hydrogen-bond acceptors (Lipinski definition) is 3. The maximum atomic E-state index is 10.9. The lowest BCUT2D eigenvalue weighted by Gasteiger charge is -2.46. The van der Waals surface area contributed by atoms with Gasteiger partial charge in [0, 0.05) is 19.0 Å². The molecule has 2 rings (SSSR count). The Hall–Kier alpha value is -0.390. The zero-order chi connectivity index (χ0) is 15.6. The Morgan fingerprint density at radius 3 is 2.43 bits per heavy atom. The van der Waals surface area contributed by atoms with E-state index < -0.39 is 0 Å². The van der Waals surface area contributed by atoms with Gasteiger partial charge in [0.1, 0.15) is 0 Å². The second-order valence-electron chi connectivity index (χ2n) is 6.45. The third-order valence-electron chi connectivity index (χ3n) is 5.16. The molecule has 0 amide bonds. The van der Waals surface area contributed by atoms with Crippen LogP contribution in [-0.2, 0) is 13.5 Å². The molecule has 1 aromatic heterocycles. The maximum Gasteiger partial charge on any atom is 0.0776 e. The van der Waals surface area contributed by atoms with E-state index in [4.69, 9.17) is 0 Å². The molecule has 0 bridgehead atoms. The molecule has 1 saturated heterocycles. The average molecular weight is 358 g/mol. The summed E-state index contributed by atoms with van der Waals surface area (Å²) in [6, 6.07) is 0. The summed E-state index contributed by atoms with van der Waals surface area (Å²) in [5, 5.41) is 15.4. The molecule has 1 aliphatic heterocycles. The molecule has 1 aliphatic rings. The molecule has 0 saturated carbocycles. The smallest absolute Gasteiger partial charge is 0.0776 e. The highest BCUT2D eigenvalue weighted by molar-refractivity contribution is 9.10. The predicted octanol–water partition coefficient (Wildman–Crippen LogP) is 3.05. The van der Waals surface area contributed by atoms with Crippen molar-refractivity contribution in [3.63, 3.8) is 0 Å². The topological polar surface area (TPSA) is 41.3 Å². The van der Waals surface area contributed by atoms with Crippen LogP contribution in [0.25, 0.3) is 0 Å².